The zero-order valence-corrected chi connectivity index (χ0v) is 13.6. The van der Waals surface area contributed by atoms with E-state index >= 15 is 0 Å². The molecule has 23 heavy (non-hydrogen) atoms. The topological polar surface area (TPSA) is 42.4 Å². The summed E-state index contributed by atoms with van der Waals surface area (Å²) in [6.45, 7) is 4.62. The van der Waals surface area contributed by atoms with Gasteiger partial charge in [0.05, 0.1) is 23.9 Å². The highest BCUT2D eigenvalue weighted by Gasteiger charge is 2.32. The molecule has 0 saturated heterocycles. The Labute approximate surface area is 135 Å². The predicted molar refractivity (Wildman–Crippen MR) is 86.5 cm³/mol. The molecule has 0 saturated carbocycles. The number of nitrogens with zero attached hydrogens (tertiary/aromatic N) is 2. The Morgan fingerprint density at radius 1 is 1.26 bits per heavy atom. The second-order valence-corrected chi connectivity index (χ2v) is 6.01. The summed E-state index contributed by atoms with van der Waals surface area (Å²) in [4.78, 5) is 18.3. The minimum absolute atomic E-state index is 0.227. The molecule has 0 radical (unpaired) electrons. The molecule has 0 N–H and O–H groups in total. The van der Waals surface area contributed by atoms with Crippen LogP contribution < -0.4 is 0 Å². The highest BCUT2D eigenvalue weighted by Crippen LogP contribution is 2.21. The lowest BCUT2D eigenvalue weighted by Crippen LogP contribution is -2.50. The summed E-state index contributed by atoms with van der Waals surface area (Å²) in [6, 6.07) is 10.9. The van der Waals surface area contributed by atoms with Crippen molar-refractivity contribution < 1.29 is 13.9 Å². The Kier molecular flexibility index (Phi) is 5.45. The van der Waals surface area contributed by atoms with E-state index in [2.05, 4.69) is 4.98 Å². The van der Waals surface area contributed by atoms with E-state index in [-0.39, 0.29) is 11.5 Å². The van der Waals surface area contributed by atoms with E-state index in [9.17, 15) is 9.18 Å². The highest BCUT2D eigenvalue weighted by atomic mass is 19.1. The second-order valence-electron chi connectivity index (χ2n) is 6.01. The minimum Gasteiger partial charge on any atom is -0.382 e. The van der Waals surface area contributed by atoms with Gasteiger partial charge in [-0.15, -0.1) is 0 Å². The summed E-state index contributed by atoms with van der Waals surface area (Å²) in [5, 5.41) is 0. The van der Waals surface area contributed by atoms with Crippen LogP contribution in [0.5, 0.6) is 0 Å². The normalized spacial score (nSPS) is 11.3. The first kappa shape index (κ1) is 17.1. The van der Waals surface area contributed by atoms with Crippen molar-refractivity contribution >= 4 is 5.91 Å². The molecular formula is C18H21FN2O2. The van der Waals surface area contributed by atoms with E-state index in [1.165, 1.54) is 12.3 Å². The largest absolute Gasteiger partial charge is 0.382 e. The van der Waals surface area contributed by atoms with E-state index in [0.717, 1.165) is 11.8 Å². The lowest BCUT2D eigenvalue weighted by atomic mass is 10.0. The number of rotatable bonds is 6. The summed E-state index contributed by atoms with van der Waals surface area (Å²) in [5.41, 5.74) is 0.674. The molecule has 0 atom stereocenters. The maximum Gasteiger partial charge on any atom is 0.256 e. The van der Waals surface area contributed by atoms with Gasteiger partial charge in [-0.2, -0.15) is 0 Å². The monoisotopic (exact) mass is 316 g/mol. The van der Waals surface area contributed by atoms with Gasteiger partial charge in [0.2, 0.25) is 0 Å². The third-order valence-electron chi connectivity index (χ3n) is 3.61. The van der Waals surface area contributed by atoms with Crippen LogP contribution in [0.2, 0.25) is 0 Å². The van der Waals surface area contributed by atoms with Crippen molar-refractivity contribution in [1.29, 1.82) is 0 Å². The SMILES string of the molecule is COCC(C)(C)N(Cc1ccccc1)C(=O)c1cncc(F)c1. The van der Waals surface area contributed by atoms with Gasteiger partial charge in [0, 0.05) is 19.9 Å². The van der Waals surface area contributed by atoms with Crippen LogP contribution in [0.1, 0.15) is 29.8 Å². The maximum atomic E-state index is 13.4. The third kappa shape index (κ3) is 4.36. The van der Waals surface area contributed by atoms with Crippen LogP contribution in [-0.4, -0.2) is 35.0 Å². The van der Waals surface area contributed by atoms with E-state index in [4.69, 9.17) is 4.74 Å². The first-order valence-electron chi connectivity index (χ1n) is 7.39. The Bertz CT molecular complexity index is 659. The second kappa shape index (κ2) is 7.33. The summed E-state index contributed by atoms with van der Waals surface area (Å²) >= 11 is 0. The average molecular weight is 316 g/mol. The molecule has 0 bridgehead atoms. The molecule has 4 nitrogen and oxygen atoms in total. The van der Waals surface area contributed by atoms with Gasteiger partial charge in [0.25, 0.3) is 5.91 Å². The smallest absolute Gasteiger partial charge is 0.256 e. The fourth-order valence-electron chi connectivity index (χ4n) is 2.44. The molecule has 2 rings (SSSR count). The number of carbonyl (C=O) groups excluding carboxylic acids is 1. The van der Waals surface area contributed by atoms with E-state index in [0.29, 0.717) is 13.2 Å². The zero-order valence-electron chi connectivity index (χ0n) is 13.6. The molecular weight excluding hydrogens is 295 g/mol. The Morgan fingerprint density at radius 3 is 2.57 bits per heavy atom. The van der Waals surface area contributed by atoms with Gasteiger partial charge in [0.15, 0.2) is 0 Å². The summed E-state index contributed by atoms with van der Waals surface area (Å²) in [6.07, 6.45) is 2.46. The molecule has 1 amide bonds. The van der Waals surface area contributed by atoms with Crippen molar-refractivity contribution in [3.8, 4) is 0 Å². The highest BCUT2D eigenvalue weighted by molar-refractivity contribution is 5.94. The quantitative estimate of drug-likeness (QED) is 0.821. The van der Waals surface area contributed by atoms with Crippen molar-refractivity contribution in [3.05, 3.63) is 65.7 Å². The van der Waals surface area contributed by atoms with Crippen LogP contribution in [0.3, 0.4) is 0 Å². The van der Waals surface area contributed by atoms with Crippen molar-refractivity contribution in [2.75, 3.05) is 13.7 Å². The molecule has 0 aliphatic heterocycles. The van der Waals surface area contributed by atoms with Gasteiger partial charge in [-0.3, -0.25) is 9.78 Å². The fraction of sp³-hybridized carbons (Fsp3) is 0.333. The van der Waals surface area contributed by atoms with Gasteiger partial charge in [-0.25, -0.2) is 4.39 Å². The summed E-state index contributed by atoms with van der Waals surface area (Å²) in [7, 11) is 1.59. The van der Waals surface area contributed by atoms with Gasteiger partial charge in [0.1, 0.15) is 5.82 Å². The average Bonchev–Trinajstić information content (AvgIpc) is 2.53. The van der Waals surface area contributed by atoms with Crippen molar-refractivity contribution in [1.82, 2.24) is 9.88 Å². The number of halogens is 1. The number of amides is 1. The van der Waals surface area contributed by atoms with Crippen LogP contribution in [0.25, 0.3) is 0 Å². The Hall–Kier alpha value is -2.27. The number of carbonyl (C=O) groups is 1. The van der Waals surface area contributed by atoms with Crippen LogP contribution in [-0.2, 0) is 11.3 Å². The maximum absolute atomic E-state index is 13.4. The molecule has 0 unspecified atom stereocenters. The van der Waals surface area contributed by atoms with Crippen molar-refractivity contribution in [3.63, 3.8) is 0 Å². The van der Waals surface area contributed by atoms with E-state index in [1.807, 2.05) is 44.2 Å². The van der Waals surface area contributed by atoms with Crippen molar-refractivity contribution in [2.24, 2.45) is 0 Å². The zero-order chi connectivity index (χ0) is 16.9. The Morgan fingerprint density at radius 2 is 1.96 bits per heavy atom. The van der Waals surface area contributed by atoms with E-state index in [1.54, 1.807) is 12.0 Å². The minimum atomic E-state index is -0.548. The van der Waals surface area contributed by atoms with Gasteiger partial charge in [-0.05, 0) is 25.5 Å². The molecule has 2 aromatic rings. The number of aromatic nitrogens is 1. The first-order chi connectivity index (χ1) is 10.9. The number of pyridine rings is 1. The van der Waals surface area contributed by atoms with Crippen LogP contribution in [0.4, 0.5) is 4.39 Å². The molecule has 122 valence electrons. The Balaban J connectivity index is 2.34. The standard InChI is InChI=1S/C18H21FN2O2/c1-18(2,13-23-3)21(12-14-7-5-4-6-8-14)17(22)15-9-16(19)11-20-10-15/h4-11H,12-13H2,1-3H3. The molecule has 5 heteroatoms. The fourth-order valence-corrected chi connectivity index (χ4v) is 2.44. The number of methoxy groups -OCH3 is 1. The number of hydrogen-bond donors (Lipinski definition) is 0. The van der Waals surface area contributed by atoms with Crippen LogP contribution in [0, 0.1) is 5.82 Å². The van der Waals surface area contributed by atoms with Crippen molar-refractivity contribution in [2.45, 2.75) is 25.9 Å². The van der Waals surface area contributed by atoms with Gasteiger partial charge < -0.3 is 9.64 Å². The molecule has 0 aliphatic rings. The lowest BCUT2D eigenvalue weighted by Gasteiger charge is -2.38. The van der Waals surface area contributed by atoms with Crippen LogP contribution >= 0.6 is 0 Å². The first-order valence-corrected chi connectivity index (χ1v) is 7.39. The number of hydrogen-bond acceptors (Lipinski definition) is 3. The molecule has 0 aliphatic carbocycles. The summed E-state index contributed by atoms with van der Waals surface area (Å²) < 4.78 is 18.7. The molecule has 1 aromatic carbocycles. The van der Waals surface area contributed by atoms with Crippen LogP contribution in [0.15, 0.2) is 48.8 Å². The summed E-state index contributed by atoms with van der Waals surface area (Å²) in [5.74, 6) is -0.803. The molecule has 0 spiro atoms. The van der Waals surface area contributed by atoms with Gasteiger partial charge >= 0.3 is 0 Å². The van der Waals surface area contributed by atoms with E-state index < -0.39 is 11.4 Å². The molecule has 0 fully saturated rings. The number of ether oxygens (including phenoxy) is 1. The number of benzene rings is 1. The predicted octanol–water partition coefficient (Wildman–Crippen LogP) is 3.29. The lowest BCUT2D eigenvalue weighted by molar-refractivity contribution is 0.0230. The molecule has 1 heterocycles. The van der Waals surface area contributed by atoms with Gasteiger partial charge in [-0.1, -0.05) is 30.3 Å². The molecule has 1 aromatic heterocycles. The third-order valence-corrected chi connectivity index (χ3v) is 3.61.